The van der Waals surface area contributed by atoms with E-state index < -0.39 is 17.7 Å². The fourth-order valence-corrected chi connectivity index (χ4v) is 4.33. The number of ketones is 1. The van der Waals surface area contributed by atoms with Gasteiger partial charge >= 0.3 is 0 Å². The van der Waals surface area contributed by atoms with E-state index in [4.69, 9.17) is 16.3 Å². The molecular formula is C23H22BrClN2O4. The SMILES string of the molecule is O=C1C(=O)N(CCN2CCOCC2)[C@@H](c2ccc(Br)cc2)C1=C(O)c1ccc(Cl)cc1. The first kappa shape index (κ1) is 22.0. The second-order valence-corrected chi connectivity index (χ2v) is 8.86. The Balaban J connectivity index is 1.72. The van der Waals surface area contributed by atoms with Gasteiger partial charge in [0.2, 0.25) is 0 Å². The molecule has 2 fully saturated rings. The third-order valence-corrected chi connectivity index (χ3v) is 6.38. The first-order chi connectivity index (χ1) is 15.0. The predicted molar refractivity (Wildman–Crippen MR) is 122 cm³/mol. The van der Waals surface area contributed by atoms with Gasteiger partial charge in [-0.05, 0) is 42.0 Å². The van der Waals surface area contributed by atoms with Gasteiger partial charge in [-0.15, -0.1) is 0 Å². The Bertz CT molecular complexity index is 1000. The summed E-state index contributed by atoms with van der Waals surface area (Å²) in [7, 11) is 0. The van der Waals surface area contributed by atoms with Crippen molar-refractivity contribution in [3.8, 4) is 0 Å². The van der Waals surface area contributed by atoms with Crippen molar-refractivity contribution in [2.75, 3.05) is 39.4 Å². The highest BCUT2D eigenvalue weighted by molar-refractivity contribution is 9.10. The summed E-state index contributed by atoms with van der Waals surface area (Å²) in [6.07, 6.45) is 0. The maximum absolute atomic E-state index is 13.0. The number of benzene rings is 2. The van der Waals surface area contributed by atoms with Crippen molar-refractivity contribution in [1.82, 2.24) is 9.80 Å². The Kier molecular flexibility index (Phi) is 6.77. The van der Waals surface area contributed by atoms with E-state index in [2.05, 4.69) is 20.8 Å². The van der Waals surface area contributed by atoms with Gasteiger partial charge in [0.05, 0.1) is 24.8 Å². The van der Waals surface area contributed by atoms with Crippen LogP contribution in [-0.4, -0.2) is 66.0 Å². The van der Waals surface area contributed by atoms with E-state index in [0.29, 0.717) is 36.9 Å². The van der Waals surface area contributed by atoms with E-state index in [1.165, 1.54) is 0 Å². The molecular weight excluding hydrogens is 484 g/mol. The fourth-order valence-electron chi connectivity index (χ4n) is 3.94. The Morgan fingerprint density at radius 2 is 1.68 bits per heavy atom. The topological polar surface area (TPSA) is 70.1 Å². The van der Waals surface area contributed by atoms with Crippen molar-refractivity contribution in [2.45, 2.75) is 6.04 Å². The average Bonchev–Trinajstić information content (AvgIpc) is 3.04. The molecule has 1 amide bonds. The van der Waals surface area contributed by atoms with E-state index in [-0.39, 0.29) is 11.3 Å². The number of halogens is 2. The molecule has 8 heteroatoms. The van der Waals surface area contributed by atoms with Crippen molar-refractivity contribution in [1.29, 1.82) is 0 Å². The highest BCUT2D eigenvalue weighted by atomic mass is 79.9. The first-order valence-electron chi connectivity index (χ1n) is 10.1. The van der Waals surface area contributed by atoms with Crippen molar-refractivity contribution in [2.24, 2.45) is 0 Å². The fraction of sp³-hybridized carbons (Fsp3) is 0.304. The van der Waals surface area contributed by atoms with Gasteiger partial charge in [0.25, 0.3) is 11.7 Å². The van der Waals surface area contributed by atoms with Crippen molar-refractivity contribution in [3.05, 3.63) is 74.7 Å². The molecule has 162 valence electrons. The van der Waals surface area contributed by atoms with Crippen molar-refractivity contribution < 1.29 is 19.4 Å². The quantitative estimate of drug-likeness (QED) is 0.380. The molecule has 1 atom stereocenters. The third-order valence-electron chi connectivity index (χ3n) is 5.60. The Morgan fingerprint density at radius 3 is 2.32 bits per heavy atom. The van der Waals surface area contributed by atoms with Gasteiger partial charge in [-0.1, -0.05) is 39.7 Å². The number of rotatable bonds is 5. The number of nitrogens with zero attached hydrogens (tertiary/aromatic N) is 2. The summed E-state index contributed by atoms with van der Waals surface area (Å²) in [6, 6.07) is 13.3. The minimum absolute atomic E-state index is 0.0941. The molecule has 2 aromatic rings. The molecule has 6 nitrogen and oxygen atoms in total. The summed E-state index contributed by atoms with van der Waals surface area (Å²) < 4.78 is 6.27. The third kappa shape index (κ3) is 4.70. The summed E-state index contributed by atoms with van der Waals surface area (Å²) in [5.74, 6) is -1.48. The van der Waals surface area contributed by atoms with Crippen LogP contribution in [0.2, 0.25) is 5.02 Å². The molecule has 0 unspecified atom stereocenters. The standard InChI is InChI=1S/C23H22BrClN2O4/c24-17-5-1-15(2-6-17)20-19(21(28)16-3-7-18(25)8-4-16)22(29)23(30)27(20)10-9-26-11-13-31-14-12-26/h1-8,20,28H,9-14H2/t20-/m0/s1. The molecule has 0 aliphatic carbocycles. The minimum Gasteiger partial charge on any atom is -0.507 e. The highest BCUT2D eigenvalue weighted by Crippen LogP contribution is 2.39. The molecule has 2 aromatic carbocycles. The van der Waals surface area contributed by atoms with Crippen LogP contribution < -0.4 is 0 Å². The maximum atomic E-state index is 13.0. The predicted octanol–water partition coefficient (Wildman–Crippen LogP) is 3.86. The molecule has 2 saturated heterocycles. The summed E-state index contributed by atoms with van der Waals surface area (Å²) in [5.41, 5.74) is 1.30. The molecule has 4 rings (SSSR count). The van der Waals surface area contributed by atoms with Crippen LogP contribution in [0.1, 0.15) is 17.2 Å². The number of ether oxygens (including phenoxy) is 1. The van der Waals surface area contributed by atoms with Crippen LogP contribution in [0.15, 0.2) is 58.6 Å². The molecule has 0 spiro atoms. The zero-order valence-electron chi connectivity index (χ0n) is 16.8. The van der Waals surface area contributed by atoms with Crippen LogP contribution >= 0.6 is 27.5 Å². The molecule has 0 radical (unpaired) electrons. The van der Waals surface area contributed by atoms with E-state index in [1.807, 2.05) is 24.3 Å². The number of aliphatic hydroxyl groups excluding tert-OH is 1. The lowest BCUT2D eigenvalue weighted by Crippen LogP contribution is -2.42. The molecule has 2 heterocycles. The van der Waals surface area contributed by atoms with Crippen molar-refractivity contribution >= 4 is 45.0 Å². The second-order valence-electron chi connectivity index (χ2n) is 7.50. The number of amides is 1. The molecule has 2 aliphatic rings. The number of Topliss-reactive ketones (excluding diaryl/α,β-unsaturated/α-hetero) is 1. The number of carbonyl (C=O) groups excluding carboxylic acids is 2. The van der Waals surface area contributed by atoms with Gasteiger partial charge in [-0.25, -0.2) is 0 Å². The first-order valence-corrected chi connectivity index (χ1v) is 11.2. The van der Waals surface area contributed by atoms with Crippen LogP contribution in [0.4, 0.5) is 0 Å². The number of hydrogen-bond acceptors (Lipinski definition) is 5. The normalized spacial score (nSPS) is 21.6. The van der Waals surface area contributed by atoms with Gasteiger partial charge in [-0.3, -0.25) is 14.5 Å². The maximum Gasteiger partial charge on any atom is 0.295 e. The van der Waals surface area contributed by atoms with E-state index in [9.17, 15) is 14.7 Å². The lowest BCUT2D eigenvalue weighted by atomic mass is 9.95. The van der Waals surface area contributed by atoms with Crippen LogP contribution in [0.5, 0.6) is 0 Å². The molecule has 0 bridgehead atoms. The van der Waals surface area contributed by atoms with Crippen LogP contribution in [-0.2, 0) is 14.3 Å². The van der Waals surface area contributed by atoms with E-state index >= 15 is 0 Å². The summed E-state index contributed by atoms with van der Waals surface area (Å²) in [4.78, 5) is 29.8. The minimum atomic E-state index is -0.678. The molecule has 2 aliphatic heterocycles. The zero-order valence-corrected chi connectivity index (χ0v) is 19.1. The van der Waals surface area contributed by atoms with E-state index in [0.717, 1.165) is 23.1 Å². The summed E-state index contributed by atoms with van der Waals surface area (Å²) in [5, 5.41) is 11.5. The molecule has 0 saturated carbocycles. The highest BCUT2D eigenvalue weighted by Gasteiger charge is 2.46. The lowest BCUT2D eigenvalue weighted by molar-refractivity contribution is -0.140. The smallest absolute Gasteiger partial charge is 0.295 e. The largest absolute Gasteiger partial charge is 0.507 e. The van der Waals surface area contributed by atoms with Gasteiger partial charge in [0.15, 0.2) is 0 Å². The number of carbonyl (C=O) groups is 2. The molecule has 31 heavy (non-hydrogen) atoms. The lowest BCUT2D eigenvalue weighted by Gasteiger charge is -2.31. The van der Waals surface area contributed by atoms with Gasteiger partial charge in [-0.2, -0.15) is 0 Å². The number of likely N-dealkylation sites (tertiary alicyclic amines) is 1. The molecule has 1 N–H and O–H groups in total. The average molecular weight is 506 g/mol. The van der Waals surface area contributed by atoms with Crippen LogP contribution in [0.25, 0.3) is 5.76 Å². The van der Waals surface area contributed by atoms with Gasteiger partial charge < -0.3 is 14.7 Å². The van der Waals surface area contributed by atoms with Gasteiger partial charge in [0, 0.05) is 41.2 Å². The summed E-state index contributed by atoms with van der Waals surface area (Å²) in [6.45, 7) is 3.90. The van der Waals surface area contributed by atoms with Gasteiger partial charge in [0.1, 0.15) is 5.76 Å². The number of hydrogen-bond donors (Lipinski definition) is 1. The Labute approximate surface area is 194 Å². The second kappa shape index (κ2) is 9.53. The van der Waals surface area contributed by atoms with Crippen molar-refractivity contribution in [3.63, 3.8) is 0 Å². The Hall–Kier alpha value is -2.19. The number of morpholine rings is 1. The van der Waals surface area contributed by atoms with Crippen LogP contribution in [0.3, 0.4) is 0 Å². The zero-order chi connectivity index (χ0) is 22.0. The van der Waals surface area contributed by atoms with E-state index in [1.54, 1.807) is 29.2 Å². The monoisotopic (exact) mass is 504 g/mol. The summed E-state index contributed by atoms with van der Waals surface area (Å²) >= 11 is 9.38. The number of aliphatic hydroxyl groups is 1. The Morgan fingerprint density at radius 1 is 1.03 bits per heavy atom. The molecule has 0 aromatic heterocycles. The van der Waals surface area contributed by atoms with Crippen LogP contribution in [0, 0.1) is 0 Å².